The van der Waals surface area contributed by atoms with Crippen molar-refractivity contribution in [3.63, 3.8) is 0 Å². The number of hydrogen-bond acceptors (Lipinski definition) is 1. The number of halogens is 1. The van der Waals surface area contributed by atoms with Crippen molar-refractivity contribution in [2.24, 2.45) is 0 Å². The van der Waals surface area contributed by atoms with E-state index in [2.05, 4.69) is 12.1 Å². The fourth-order valence-electron chi connectivity index (χ4n) is 1.57. The molecule has 70 valence electrons. The Bertz CT molecular complexity index is 305. The second-order valence-electron chi connectivity index (χ2n) is 3.48. The smallest absolute Gasteiger partial charge is 0.123 e. The topological polar surface area (TPSA) is 9.23 Å². The van der Waals surface area contributed by atoms with Crippen LogP contribution < -0.4 is 4.74 Å². The summed E-state index contributed by atoms with van der Waals surface area (Å²) in [5, 5.41) is 0. The van der Waals surface area contributed by atoms with Gasteiger partial charge in [-0.3, -0.25) is 0 Å². The molecule has 2 heteroatoms. The zero-order valence-corrected chi connectivity index (χ0v) is 8.47. The first-order chi connectivity index (χ1) is 6.35. The standard InChI is InChI=1S/C11H13ClO/c1-13-11-5-4-9(8-2-3-8)6-10(11)7-12/h4-6,8H,2-3,7H2,1H3. The van der Waals surface area contributed by atoms with Gasteiger partial charge in [-0.2, -0.15) is 0 Å². The summed E-state index contributed by atoms with van der Waals surface area (Å²) < 4.78 is 5.21. The van der Waals surface area contributed by atoms with Gasteiger partial charge in [0.15, 0.2) is 0 Å². The van der Waals surface area contributed by atoms with Crippen LogP contribution in [0.1, 0.15) is 29.9 Å². The lowest BCUT2D eigenvalue weighted by Crippen LogP contribution is -1.91. The van der Waals surface area contributed by atoms with Crippen molar-refractivity contribution in [3.05, 3.63) is 29.3 Å². The minimum atomic E-state index is 0.531. The molecule has 1 fully saturated rings. The molecule has 1 aliphatic rings. The molecule has 1 aliphatic carbocycles. The quantitative estimate of drug-likeness (QED) is 0.674. The Kier molecular flexibility index (Phi) is 2.45. The van der Waals surface area contributed by atoms with E-state index >= 15 is 0 Å². The number of benzene rings is 1. The van der Waals surface area contributed by atoms with Gasteiger partial charge in [0.1, 0.15) is 5.75 Å². The van der Waals surface area contributed by atoms with E-state index in [0.717, 1.165) is 17.2 Å². The summed E-state index contributed by atoms with van der Waals surface area (Å²) in [6.07, 6.45) is 2.65. The highest BCUT2D eigenvalue weighted by molar-refractivity contribution is 6.17. The molecule has 0 unspecified atom stereocenters. The summed E-state index contributed by atoms with van der Waals surface area (Å²) >= 11 is 5.83. The van der Waals surface area contributed by atoms with E-state index in [-0.39, 0.29) is 0 Å². The van der Waals surface area contributed by atoms with Crippen molar-refractivity contribution in [3.8, 4) is 5.75 Å². The lowest BCUT2D eigenvalue weighted by atomic mass is 10.1. The minimum Gasteiger partial charge on any atom is -0.496 e. The number of hydrogen-bond donors (Lipinski definition) is 0. The molecule has 1 aromatic carbocycles. The third-order valence-electron chi connectivity index (χ3n) is 2.50. The highest BCUT2D eigenvalue weighted by Gasteiger charge is 2.23. The second kappa shape index (κ2) is 3.59. The average molecular weight is 197 g/mol. The normalized spacial score (nSPS) is 15.8. The van der Waals surface area contributed by atoms with Crippen LogP contribution in [0, 0.1) is 0 Å². The molecular weight excluding hydrogens is 184 g/mol. The van der Waals surface area contributed by atoms with Crippen molar-refractivity contribution in [1.29, 1.82) is 0 Å². The van der Waals surface area contributed by atoms with Gasteiger partial charge in [0, 0.05) is 5.56 Å². The van der Waals surface area contributed by atoms with Gasteiger partial charge in [-0.1, -0.05) is 12.1 Å². The van der Waals surface area contributed by atoms with Crippen LogP contribution in [0.3, 0.4) is 0 Å². The Balaban J connectivity index is 2.31. The van der Waals surface area contributed by atoms with Crippen molar-refractivity contribution < 1.29 is 4.74 Å². The fourth-order valence-corrected chi connectivity index (χ4v) is 1.78. The molecule has 0 aromatic heterocycles. The Hall–Kier alpha value is -0.690. The summed E-state index contributed by atoms with van der Waals surface area (Å²) in [5.41, 5.74) is 2.52. The van der Waals surface area contributed by atoms with Crippen LogP contribution in [-0.4, -0.2) is 7.11 Å². The molecule has 0 heterocycles. The molecule has 0 atom stereocenters. The summed E-state index contributed by atoms with van der Waals surface area (Å²) in [4.78, 5) is 0. The summed E-state index contributed by atoms with van der Waals surface area (Å²) in [7, 11) is 1.68. The number of ether oxygens (including phenoxy) is 1. The third kappa shape index (κ3) is 1.80. The van der Waals surface area contributed by atoms with Crippen molar-refractivity contribution in [2.75, 3.05) is 7.11 Å². The molecule has 1 aromatic rings. The minimum absolute atomic E-state index is 0.531. The predicted octanol–water partition coefficient (Wildman–Crippen LogP) is 3.31. The van der Waals surface area contributed by atoms with Crippen LogP contribution in [0.5, 0.6) is 5.75 Å². The van der Waals surface area contributed by atoms with Gasteiger partial charge < -0.3 is 4.74 Å². The first-order valence-electron chi connectivity index (χ1n) is 4.58. The van der Waals surface area contributed by atoms with Gasteiger partial charge in [0.05, 0.1) is 13.0 Å². The van der Waals surface area contributed by atoms with Crippen molar-refractivity contribution in [1.82, 2.24) is 0 Å². The van der Waals surface area contributed by atoms with Gasteiger partial charge in [0.2, 0.25) is 0 Å². The summed E-state index contributed by atoms with van der Waals surface area (Å²) in [6, 6.07) is 6.33. The van der Waals surface area contributed by atoms with Crippen LogP contribution in [0.2, 0.25) is 0 Å². The molecule has 0 amide bonds. The second-order valence-corrected chi connectivity index (χ2v) is 3.75. The number of alkyl halides is 1. The van der Waals surface area contributed by atoms with E-state index in [0.29, 0.717) is 5.88 Å². The maximum atomic E-state index is 5.83. The zero-order valence-electron chi connectivity index (χ0n) is 7.72. The van der Waals surface area contributed by atoms with Crippen LogP contribution in [0.15, 0.2) is 18.2 Å². The Morgan fingerprint density at radius 2 is 2.23 bits per heavy atom. The number of methoxy groups -OCH3 is 1. The fraction of sp³-hybridized carbons (Fsp3) is 0.455. The maximum absolute atomic E-state index is 5.83. The SMILES string of the molecule is COc1ccc(C2CC2)cc1CCl. The lowest BCUT2D eigenvalue weighted by molar-refractivity contribution is 0.411. The largest absolute Gasteiger partial charge is 0.496 e. The summed E-state index contributed by atoms with van der Waals surface area (Å²) in [5.74, 6) is 2.22. The first kappa shape index (κ1) is 8.89. The maximum Gasteiger partial charge on any atom is 0.123 e. The molecule has 0 saturated heterocycles. The lowest BCUT2D eigenvalue weighted by Gasteiger charge is -2.07. The molecule has 1 saturated carbocycles. The van der Waals surface area contributed by atoms with E-state index in [4.69, 9.17) is 16.3 Å². The van der Waals surface area contributed by atoms with E-state index in [1.165, 1.54) is 18.4 Å². The van der Waals surface area contributed by atoms with Gasteiger partial charge in [-0.05, 0) is 30.4 Å². The van der Waals surface area contributed by atoms with Gasteiger partial charge in [0.25, 0.3) is 0 Å². The first-order valence-corrected chi connectivity index (χ1v) is 5.11. The molecule has 0 aliphatic heterocycles. The molecule has 0 bridgehead atoms. The highest BCUT2D eigenvalue weighted by Crippen LogP contribution is 2.41. The van der Waals surface area contributed by atoms with E-state index < -0.39 is 0 Å². The molecule has 1 nitrogen and oxygen atoms in total. The molecule has 13 heavy (non-hydrogen) atoms. The Morgan fingerprint density at radius 1 is 1.46 bits per heavy atom. The van der Waals surface area contributed by atoms with E-state index in [1.807, 2.05) is 6.07 Å². The van der Waals surface area contributed by atoms with Crippen molar-refractivity contribution in [2.45, 2.75) is 24.6 Å². The molecule has 0 radical (unpaired) electrons. The zero-order chi connectivity index (χ0) is 9.26. The van der Waals surface area contributed by atoms with Crippen LogP contribution in [-0.2, 0) is 5.88 Å². The highest BCUT2D eigenvalue weighted by atomic mass is 35.5. The Labute approximate surface area is 83.7 Å². The van der Waals surface area contributed by atoms with E-state index in [1.54, 1.807) is 7.11 Å². The molecular formula is C11H13ClO. The van der Waals surface area contributed by atoms with Gasteiger partial charge >= 0.3 is 0 Å². The van der Waals surface area contributed by atoms with Gasteiger partial charge in [-0.25, -0.2) is 0 Å². The third-order valence-corrected chi connectivity index (χ3v) is 2.79. The molecule has 0 N–H and O–H groups in total. The molecule has 0 spiro atoms. The van der Waals surface area contributed by atoms with Crippen LogP contribution in [0.4, 0.5) is 0 Å². The van der Waals surface area contributed by atoms with Crippen molar-refractivity contribution >= 4 is 11.6 Å². The molecule has 2 rings (SSSR count). The predicted molar refractivity (Wildman–Crippen MR) is 54.5 cm³/mol. The van der Waals surface area contributed by atoms with Crippen LogP contribution in [0.25, 0.3) is 0 Å². The Morgan fingerprint density at radius 3 is 2.77 bits per heavy atom. The van der Waals surface area contributed by atoms with Gasteiger partial charge in [-0.15, -0.1) is 11.6 Å². The van der Waals surface area contributed by atoms with Crippen LogP contribution >= 0.6 is 11.6 Å². The summed E-state index contributed by atoms with van der Waals surface area (Å²) in [6.45, 7) is 0. The average Bonchev–Trinajstić information content (AvgIpc) is 3.00. The number of rotatable bonds is 3. The van der Waals surface area contributed by atoms with E-state index in [9.17, 15) is 0 Å². The monoisotopic (exact) mass is 196 g/mol.